The molecule has 23 heavy (non-hydrogen) atoms. The molecule has 0 aliphatic carbocycles. The van der Waals surface area contributed by atoms with Crippen LogP contribution < -0.4 is 21.7 Å². The quantitative estimate of drug-likeness (QED) is 0.522. The van der Waals surface area contributed by atoms with Crippen LogP contribution in [0, 0.1) is 21.4 Å². The zero-order valence-corrected chi connectivity index (χ0v) is 12.0. The van der Waals surface area contributed by atoms with Crippen molar-refractivity contribution in [3.63, 3.8) is 0 Å². The van der Waals surface area contributed by atoms with E-state index < -0.39 is 22.1 Å². The molecule has 1 atom stereocenters. The van der Waals surface area contributed by atoms with Crippen molar-refractivity contribution >= 4 is 16.3 Å². The molecule has 4 N–H and O–H groups in total. The Bertz CT molecular complexity index is 1010. The van der Waals surface area contributed by atoms with Gasteiger partial charge in [-0.2, -0.15) is 5.26 Å². The van der Waals surface area contributed by atoms with Crippen molar-refractivity contribution in [3.05, 3.63) is 65.0 Å². The Balaban J connectivity index is 2.29. The molecule has 2 aromatic heterocycles. The average molecular weight is 333 g/mol. The van der Waals surface area contributed by atoms with Crippen molar-refractivity contribution in [1.29, 1.82) is 5.26 Å². The summed E-state index contributed by atoms with van der Waals surface area (Å²) in [4.78, 5) is 38.4. The van der Waals surface area contributed by atoms with Gasteiger partial charge >= 0.3 is 10.7 Å². The van der Waals surface area contributed by atoms with Gasteiger partial charge in [0.2, 0.25) is 11.8 Å². The molecule has 1 aliphatic heterocycles. The molecule has 3 heterocycles. The minimum atomic E-state index is -0.956. The van der Waals surface area contributed by atoms with Crippen LogP contribution in [0.25, 0.3) is 0 Å². The third-order valence-electron chi connectivity index (χ3n) is 3.20. The maximum Gasteiger partial charge on any atom is 0.328 e. The van der Waals surface area contributed by atoms with Gasteiger partial charge in [-0.05, 0) is 6.07 Å². The fourth-order valence-electron chi connectivity index (χ4n) is 2.27. The van der Waals surface area contributed by atoms with Gasteiger partial charge in [0.25, 0.3) is 5.56 Å². The lowest BCUT2D eigenvalue weighted by Crippen LogP contribution is -2.33. The number of allylic oxidation sites excluding steroid dienone is 1. The smallest absolute Gasteiger partial charge is 0.328 e. The van der Waals surface area contributed by atoms with Crippen molar-refractivity contribution in [2.24, 2.45) is 5.73 Å². The number of rotatable bonds is 2. The number of nitrogens with zero attached hydrogens (tertiary/aromatic N) is 2. The Kier molecular flexibility index (Phi) is 3.23. The van der Waals surface area contributed by atoms with Crippen LogP contribution in [-0.4, -0.2) is 14.9 Å². The van der Waals surface area contributed by atoms with Crippen molar-refractivity contribution in [3.8, 4) is 11.9 Å². The fourth-order valence-corrected chi connectivity index (χ4v) is 3.21. The summed E-state index contributed by atoms with van der Waals surface area (Å²) in [6.45, 7) is 0. The second-order valence-corrected chi connectivity index (χ2v) is 5.60. The Morgan fingerprint density at radius 2 is 2.13 bits per heavy atom. The number of ether oxygens (including phenoxy) is 1. The molecule has 11 heteroatoms. The number of hydrogen-bond acceptors (Lipinski definition) is 8. The number of H-pyrrole nitrogens is 2. The Labute approximate surface area is 130 Å². The van der Waals surface area contributed by atoms with Crippen LogP contribution >= 0.6 is 11.3 Å². The molecule has 10 nitrogen and oxygen atoms in total. The summed E-state index contributed by atoms with van der Waals surface area (Å²) >= 11 is 0.805. The predicted octanol–water partition coefficient (Wildman–Crippen LogP) is 0.251. The number of aromatic amines is 2. The minimum Gasteiger partial charge on any atom is -0.424 e. The van der Waals surface area contributed by atoms with Crippen molar-refractivity contribution < 1.29 is 9.66 Å². The SMILES string of the molecule is N#CC1=C(N)Oc2[nH]c(=O)[nH]c(=O)c2[C@H]1c1ccc([N+](=O)[O-])s1. The van der Waals surface area contributed by atoms with Crippen molar-refractivity contribution in [2.45, 2.75) is 5.92 Å². The monoisotopic (exact) mass is 333 g/mol. The van der Waals surface area contributed by atoms with Gasteiger partial charge in [0, 0.05) is 10.9 Å². The molecule has 0 amide bonds. The highest BCUT2D eigenvalue weighted by Gasteiger charge is 2.35. The standard InChI is InChI=1S/C12H7N5O5S/c13-3-4-7(5-1-2-6(23-5)17(20)21)8-10(18)15-12(19)16-11(8)22-9(4)14/h1-2,7H,14H2,(H2,15,16,18,19)/t7-/m1/s1. The summed E-state index contributed by atoms with van der Waals surface area (Å²) in [5.74, 6) is -1.42. The number of nitro groups is 1. The Hall–Kier alpha value is -3.39. The fraction of sp³-hybridized carbons (Fsp3) is 0.0833. The van der Waals surface area contributed by atoms with Crippen LogP contribution in [0.3, 0.4) is 0 Å². The number of nitrogens with one attached hydrogen (secondary N) is 2. The molecule has 0 unspecified atom stereocenters. The number of nitriles is 1. The van der Waals surface area contributed by atoms with E-state index in [0.29, 0.717) is 4.88 Å². The number of hydrogen-bond donors (Lipinski definition) is 3. The third-order valence-corrected chi connectivity index (χ3v) is 4.30. The predicted molar refractivity (Wildman–Crippen MR) is 78.0 cm³/mol. The third kappa shape index (κ3) is 2.27. The topological polar surface area (TPSA) is 168 Å². The number of thiophene rings is 1. The van der Waals surface area contributed by atoms with Gasteiger partial charge in [-0.3, -0.25) is 24.9 Å². The molecule has 0 aromatic carbocycles. The number of nitrogens with two attached hydrogens (primary N) is 1. The second kappa shape index (κ2) is 5.11. The molecule has 116 valence electrons. The van der Waals surface area contributed by atoms with Crippen molar-refractivity contribution in [2.75, 3.05) is 0 Å². The summed E-state index contributed by atoms with van der Waals surface area (Å²) in [6.07, 6.45) is 0. The van der Waals surface area contributed by atoms with E-state index in [1.54, 1.807) is 0 Å². The molecule has 0 saturated carbocycles. The van der Waals surface area contributed by atoms with E-state index in [1.165, 1.54) is 12.1 Å². The first kappa shape index (κ1) is 14.5. The highest BCUT2D eigenvalue weighted by molar-refractivity contribution is 7.15. The molecule has 2 aromatic rings. The number of aromatic nitrogens is 2. The zero-order chi connectivity index (χ0) is 16.7. The molecular formula is C12H7N5O5S. The van der Waals surface area contributed by atoms with Gasteiger partial charge < -0.3 is 10.5 Å². The summed E-state index contributed by atoms with van der Waals surface area (Å²) in [5, 5.41) is 20.0. The lowest BCUT2D eigenvalue weighted by molar-refractivity contribution is -0.380. The van der Waals surface area contributed by atoms with E-state index in [4.69, 9.17) is 10.5 Å². The van der Waals surface area contributed by atoms with E-state index >= 15 is 0 Å². The summed E-state index contributed by atoms with van der Waals surface area (Å²) in [6, 6.07) is 4.54. The molecule has 0 fully saturated rings. The van der Waals surface area contributed by atoms with E-state index in [2.05, 4.69) is 4.98 Å². The van der Waals surface area contributed by atoms with Crippen LogP contribution in [0.4, 0.5) is 5.00 Å². The van der Waals surface area contributed by atoms with E-state index in [-0.39, 0.29) is 27.9 Å². The van der Waals surface area contributed by atoms with Crippen molar-refractivity contribution in [1.82, 2.24) is 9.97 Å². The van der Waals surface area contributed by atoms with Gasteiger partial charge in [-0.15, -0.1) is 0 Å². The maximum absolute atomic E-state index is 12.1. The van der Waals surface area contributed by atoms with Crippen LogP contribution in [0.2, 0.25) is 0 Å². The highest BCUT2D eigenvalue weighted by Crippen LogP contribution is 2.42. The lowest BCUT2D eigenvalue weighted by atomic mass is 9.90. The normalized spacial score (nSPS) is 16.4. The average Bonchev–Trinajstić information content (AvgIpc) is 2.95. The van der Waals surface area contributed by atoms with Crippen LogP contribution in [0.15, 0.2) is 33.2 Å². The van der Waals surface area contributed by atoms with Crippen LogP contribution in [0.1, 0.15) is 16.4 Å². The lowest BCUT2D eigenvalue weighted by Gasteiger charge is -2.23. The maximum atomic E-state index is 12.1. The zero-order valence-electron chi connectivity index (χ0n) is 11.2. The molecule has 0 spiro atoms. The van der Waals surface area contributed by atoms with Gasteiger partial charge in [0.05, 0.1) is 16.4 Å². The molecule has 3 rings (SSSR count). The molecule has 1 aliphatic rings. The van der Waals surface area contributed by atoms with Gasteiger partial charge in [-0.25, -0.2) is 4.79 Å². The summed E-state index contributed by atoms with van der Waals surface area (Å²) in [7, 11) is 0. The van der Waals surface area contributed by atoms with E-state index in [0.717, 1.165) is 11.3 Å². The van der Waals surface area contributed by atoms with Gasteiger partial charge in [0.15, 0.2) is 0 Å². The van der Waals surface area contributed by atoms with E-state index in [1.807, 2.05) is 11.1 Å². The molecule has 0 radical (unpaired) electrons. The molecule has 0 bridgehead atoms. The van der Waals surface area contributed by atoms with Crippen LogP contribution in [0.5, 0.6) is 5.88 Å². The summed E-state index contributed by atoms with van der Waals surface area (Å²) in [5.41, 5.74) is 4.02. The largest absolute Gasteiger partial charge is 0.424 e. The van der Waals surface area contributed by atoms with Gasteiger partial charge in [0.1, 0.15) is 11.6 Å². The second-order valence-electron chi connectivity index (χ2n) is 4.51. The van der Waals surface area contributed by atoms with E-state index in [9.17, 15) is 25.0 Å². The Morgan fingerprint density at radius 1 is 1.39 bits per heavy atom. The van der Waals surface area contributed by atoms with Crippen LogP contribution in [-0.2, 0) is 0 Å². The summed E-state index contributed by atoms with van der Waals surface area (Å²) < 4.78 is 5.13. The highest BCUT2D eigenvalue weighted by atomic mass is 32.1. The van der Waals surface area contributed by atoms with Gasteiger partial charge in [-0.1, -0.05) is 11.3 Å². The first-order valence-corrected chi connectivity index (χ1v) is 6.92. The first-order chi connectivity index (χ1) is 10.9. The number of fused-ring (bicyclic) bond motifs is 1. The minimum absolute atomic E-state index is 0.0351. The first-order valence-electron chi connectivity index (χ1n) is 6.10. The Morgan fingerprint density at radius 3 is 2.74 bits per heavy atom. The molecular weight excluding hydrogens is 326 g/mol. The molecule has 0 saturated heterocycles.